The maximum atomic E-state index is 6.01. The molecule has 5 heteroatoms. The molecule has 3 aromatic carbocycles. The predicted molar refractivity (Wildman–Crippen MR) is 116 cm³/mol. The molecule has 0 atom stereocenters. The minimum atomic E-state index is 0.569. The van der Waals surface area contributed by atoms with E-state index in [2.05, 4.69) is 5.32 Å². The SMILES string of the molecule is Cc1cccc(Oc2ccc3c(c2)N=C(c2ccc(Cl)cc2)CC(=S)N3)c1. The Hall–Kier alpha value is -2.69. The highest BCUT2D eigenvalue weighted by molar-refractivity contribution is 7.80. The number of nitrogens with one attached hydrogen (secondary N) is 1. The summed E-state index contributed by atoms with van der Waals surface area (Å²) in [6, 6.07) is 21.4. The average Bonchev–Trinajstić information content (AvgIpc) is 2.80. The molecule has 0 aliphatic carbocycles. The lowest BCUT2D eigenvalue weighted by Gasteiger charge is -2.10. The minimum Gasteiger partial charge on any atom is -0.457 e. The van der Waals surface area contributed by atoms with E-state index in [1.165, 1.54) is 0 Å². The number of ether oxygens (including phenoxy) is 1. The zero-order valence-corrected chi connectivity index (χ0v) is 16.3. The number of hydrogen-bond donors (Lipinski definition) is 1. The Bertz CT molecular complexity index is 1040. The number of hydrogen-bond acceptors (Lipinski definition) is 3. The second-order valence-corrected chi connectivity index (χ2v) is 7.32. The summed E-state index contributed by atoms with van der Waals surface area (Å²) in [5.74, 6) is 1.53. The van der Waals surface area contributed by atoms with Gasteiger partial charge in [-0.1, -0.05) is 48.1 Å². The molecule has 1 heterocycles. The van der Waals surface area contributed by atoms with Gasteiger partial charge >= 0.3 is 0 Å². The lowest BCUT2D eigenvalue weighted by atomic mass is 10.1. The van der Waals surface area contributed by atoms with Gasteiger partial charge in [0.15, 0.2) is 0 Å². The minimum absolute atomic E-state index is 0.569. The maximum absolute atomic E-state index is 6.01. The van der Waals surface area contributed by atoms with E-state index in [1.54, 1.807) is 0 Å². The van der Waals surface area contributed by atoms with Crippen LogP contribution in [0.2, 0.25) is 5.02 Å². The highest BCUT2D eigenvalue weighted by Gasteiger charge is 2.16. The Morgan fingerprint density at radius 3 is 2.56 bits per heavy atom. The van der Waals surface area contributed by atoms with Crippen LogP contribution in [0.25, 0.3) is 0 Å². The number of aliphatic imine (C=N–C) groups is 1. The van der Waals surface area contributed by atoms with Crippen LogP contribution < -0.4 is 10.1 Å². The van der Waals surface area contributed by atoms with Crippen molar-refractivity contribution in [2.75, 3.05) is 5.32 Å². The van der Waals surface area contributed by atoms with Crippen LogP contribution in [-0.2, 0) is 0 Å². The van der Waals surface area contributed by atoms with Gasteiger partial charge in [-0.15, -0.1) is 0 Å². The summed E-state index contributed by atoms with van der Waals surface area (Å²) in [5.41, 5.74) is 4.72. The van der Waals surface area contributed by atoms with Gasteiger partial charge in [0.1, 0.15) is 11.5 Å². The van der Waals surface area contributed by atoms with Crippen LogP contribution >= 0.6 is 23.8 Å². The molecule has 0 spiro atoms. The fraction of sp³-hybridized carbons (Fsp3) is 0.0909. The molecule has 0 unspecified atom stereocenters. The molecule has 0 amide bonds. The largest absolute Gasteiger partial charge is 0.457 e. The predicted octanol–water partition coefficient (Wildman–Crippen LogP) is 6.70. The molecule has 1 aliphatic rings. The molecule has 27 heavy (non-hydrogen) atoms. The van der Waals surface area contributed by atoms with Crippen LogP contribution in [0.15, 0.2) is 71.7 Å². The van der Waals surface area contributed by atoms with Gasteiger partial charge in [0, 0.05) is 17.5 Å². The lowest BCUT2D eigenvalue weighted by molar-refractivity contribution is 0.482. The van der Waals surface area contributed by atoms with Crippen molar-refractivity contribution in [3.05, 3.63) is 82.9 Å². The zero-order valence-electron chi connectivity index (χ0n) is 14.7. The van der Waals surface area contributed by atoms with E-state index in [-0.39, 0.29) is 0 Å². The van der Waals surface area contributed by atoms with Crippen molar-refractivity contribution < 1.29 is 4.74 Å². The number of benzene rings is 3. The summed E-state index contributed by atoms with van der Waals surface area (Å²) in [6.07, 6.45) is 0.569. The monoisotopic (exact) mass is 392 g/mol. The van der Waals surface area contributed by atoms with Gasteiger partial charge < -0.3 is 10.1 Å². The first-order valence-electron chi connectivity index (χ1n) is 8.59. The standard InChI is InChI=1S/C22H17ClN2OS/c1-14-3-2-4-17(11-14)26-18-9-10-19-21(12-18)24-20(13-22(27)25-19)15-5-7-16(23)8-6-15/h2-12H,13H2,1H3,(H,25,27). The van der Waals surface area contributed by atoms with E-state index in [9.17, 15) is 0 Å². The molecule has 0 saturated heterocycles. The maximum Gasteiger partial charge on any atom is 0.129 e. The van der Waals surface area contributed by atoms with E-state index in [0.29, 0.717) is 11.4 Å². The van der Waals surface area contributed by atoms with E-state index in [4.69, 9.17) is 33.5 Å². The van der Waals surface area contributed by atoms with E-state index in [1.807, 2.05) is 73.7 Å². The molecule has 1 aliphatic heterocycles. The summed E-state index contributed by atoms with van der Waals surface area (Å²) in [5, 5.41) is 3.97. The average molecular weight is 393 g/mol. The van der Waals surface area contributed by atoms with Gasteiger partial charge in [0.25, 0.3) is 0 Å². The number of nitrogens with zero attached hydrogens (tertiary/aromatic N) is 1. The zero-order chi connectivity index (χ0) is 18.8. The van der Waals surface area contributed by atoms with Crippen LogP contribution in [0.5, 0.6) is 11.5 Å². The first kappa shape index (κ1) is 17.7. The van der Waals surface area contributed by atoms with Crippen LogP contribution in [0.1, 0.15) is 17.5 Å². The summed E-state index contributed by atoms with van der Waals surface area (Å²) in [7, 11) is 0. The first-order chi connectivity index (χ1) is 13.1. The van der Waals surface area contributed by atoms with Gasteiger partial charge in [-0.25, -0.2) is 0 Å². The fourth-order valence-electron chi connectivity index (χ4n) is 2.93. The van der Waals surface area contributed by atoms with E-state index < -0.39 is 0 Å². The molecule has 0 saturated carbocycles. The third-order valence-electron chi connectivity index (χ3n) is 4.23. The smallest absolute Gasteiger partial charge is 0.129 e. The Morgan fingerprint density at radius 1 is 1.00 bits per heavy atom. The second kappa shape index (κ2) is 7.51. The molecule has 0 fully saturated rings. The highest BCUT2D eigenvalue weighted by atomic mass is 35.5. The Morgan fingerprint density at radius 2 is 1.78 bits per heavy atom. The quantitative estimate of drug-likeness (QED) is 0.503. The van der Waals surface area contributed by atoms with Crippen LogP contribution in [-0.4, -0.2) is 10.7 Å². The number of halogens is 1. The number of rotatable bonds is 3. The van der Waals surface area contributed by atoms with Crippen LogP contribution in [0, 0.1) is 6.92 Å². The molecule has 4 rings (SSSR count). The number of fused-ring (bicyclic) bond motifs is 1. The molecular formula is C22H17ClN2OS. The summed E-state index contributed by atoms with van der Waals surface area (Å²) in [4.78, 5) is 5.58. The summed E-state index contributed by atoms with van der Waals surface area (Å²) in [6.45, 7) is 2.04. The molecule has 3 nitrogen and oxygen atoms in total. The lowest BCUT2D eigenvalue weighted by Crippen LogP contribution is -2.12. The topological polar surface area (TPSA) is 33.6 Å². The van der Waals surface area contributed by atoms with Crippen molar-refractivity contribution in [1.82, 2.24) is 0 Å². The van der Waals surface area contributed by atoms with Crippen molar-refractivity contribution in [3.63, 3.8) is 0 Å². The summed E-state index contributed by atoms with van der Waals surface area (Å²) >= 11 is 11.5. The van der Waals surface area contributed by atoms with Crippen LogP contribution in [0.3, 0.4) is 0 Å². The normalized spacial score (nSPS) is 13.3. The van der Waals surface area contributed by atoms with E-state index in [0.717, 1.165) is 44.7 Å². The van der Waals surface area contributed by atoms with Gasteiger partial charge in [-0.05, 0) is 54.4 Å². The van der Waals surface area contributed by atoms with E-state index >= 15 is 0 Å². The highest BCUT2D eigenvalue weighted by Crippen LogP contribution is 2.35. The third kappa shape index (κ3) is 4.18. The van der Waals surface area contributed by atoms with Crippen molar-refractivity contribution in [2.45, 2.75) is 13.3 Å². The molecule has 0 radical (unpaired) electrons. The van der Waals surface area contributed by atoms with Crippen molar-refractivity contribution in [3.8, 4) is 11.5 Å². The number of anilines is 1. The molecule has 3 aromatic rings. The first-order valence-corrected chi connectivity index (χ1v) is 9.37. The number of thiocarbonyl (C=S) groups is 1. The van der Waals surface area contributed by atoms with Gasteiger partial charge in [-0.3, -0.25) is 4.99 Å². The molecule has 0 bridgehead atoms. The van der Waals surface area contributed by atoms with Crippen molar-refractivity contribution in [1.29, 1.82) is 0 Å². The molecular weight excluding hydrogens is 376 g/mol. The van der Waals surface area contributed by atoms with Crippen molar-refractivity contribution >= 4 is 45.9 Å². The van der Waals surface area contributed by atoms with Crippen LogP contribution in [0.4, 0.5) is 11.4 Å². The Kier molecular flexibility index (Phi) is 4.92. The number of aryl methyl sites for hydroxylation is 1. The van der Waals surface area contributed by atoms with Gasteiger partial charge in [0.05, 0.1) is 22.1 Å². The molecule has 0 aromatic heterocycles. The molecule has 1 N–H and O–H groups in total. The van der Waals surface area contributed by atoms with Gasteiger partial charge in [0.2, 0.25) is 0 Å². The van der Waals surface area contributed by atoms with Gasteiger partial charge in [-0.2, -0.15) is 0 Å². The Labute approximate surface area is 168 Å². The van der Waals surface area contributed by atoms with Crippen molar-refractivity contribution in [2.24, 2.45) is 4.99 Å². The third-order valence-corrected chi connectivity index (χ3v) is 4.73. The summed E-state index contributed by atoms with van der Waals surface area (Å²) < 4.78 is 6.00. The molecule has 134 valence electrons. The second-order valence-electron chi connectivity index (χ2n) is 6.39. The Balaban J connectivity index is 1.71. The fourth-order valence-corrected chi connectivity index (χ4v) is 3.30.